The lowest BCUT2D eigenvalue weighted by molar-refractivity contribution is 0.439. The van der Waals surface area contributed by atoms with Gasteiger partial charge in [-0.3, -0.25) is 4.79 Å². The standard InChI is InChI=1S/C14H16O2S/c1-9(2)10-4-3-5-11(6-10)13-7-12(15)8-14(17)16-13/h3,5-10,17H,4H2,1-2H3. The summed E-state index contributed by atoms with van der Waals surface area (Å²) in [4.78, 5) is 11.4. The number of thiol groups is 1. The maximum absolute atomic E-state index is 11.4. The van der Waals surface area contributed by atoms with Crippen LogP contribution in [0.3, 0.4) is 0 Å². The molecule has 2 rings (SSSR count). The van der Waals surface area contributed by atoms with Crippen LogP contribution in [0.2, 0.25) is 0 Å². The fourth-order valence-electron chi connectivity index (χ4n) is 1.94. The average molecular weight is 248 g/mol. The predicted octanol–water partition coefficient (Wildman–Crippen LogP) is 3.54. The van der Waals surface area contributed by atoms with Gasteiger partial charge >= 0.3 is 0 Å². The Morgan fingerprint density at radius 3 is 2.82 bits per heavy atom. The number of hydrogen-bond acceptors (Lipinski definition) is 3. The molecule has 0 spiro atoms. The van der Waals surface area contributed by atoms with Crippen LogP contribution in [0, 0.1) is 11.8 Å². The van der Waals surface area contributed by atoms with E-state index in [1.807, 2.05) is 6.08 Å². The van der Waals surface area contributed by atoms with E-state index in [0.717, 1.165) is 12.0 Å². The molecule has 0 aromatic carbocycles. The second-order valence-electron chi connectivity index (χ2n) is 4.66. The van der Waals surface area contributed by atoms with E-state index < -0.39 is 0 Å². The third-order valence-electron chi connectivity index (χ3n) is 2.99. The predicted molar refractivity (Wildman–Crippen MR) is 72.3 cm³/mol. The number of rotatable bonds is 2. The minimum atomic E-state index is -0.0720. The zero-order valence-corrected chi connectivity index (χ0v) is 10.9. The fourth-order valence-corrected chi connectivity index (χ4v) is 2.17. The van der Waals surface area contributed by atoms with Gasteiger partial charge in [-0.25, -0.2) is 0 Å². The van der Waals surface area contributed by atoms with Crippen LogP contribution >= 0.6 is 12.6 Å². The highest BCUT2D eigenvalue weighted by atomic mass is 32.1. The number of hydrogen-bond donors (Lipinski definition) is 1. The zero-order valence-electron chi connectivity index (χ0n) is 10.0. The second-order valence-corrected chi connectivity index (χ2v) is 5.10. The van der Waals surface area contributed by atoms with Gasteiger partial charge in [-0.2, -0.15) is 0 Å². The van der Waals surface area contributed by atoms with Crippen LogP contribution in [0.15, 0.2) is 44.7 Å². The summed E-state index contributed by atoms with van der Waals surface area (Å²) in [5.74, 6) is 1.69. The van der Waals surface area contributed by atoms with E-state index in [0.29, 0.717) is 22.7 Å². The topological polar surface area (TPSA) is 30.2 Å². The highest BCUT2D eigenvalue weighted by Gasteiger charge is 2.15. The summed E-state index contributed by atoms with van der Waals surface area (Å²) < 4.78 is 5.47. The van der Waals surface area contributed by atoms with Crippen LogP contribution in [-0.4, -0.2) is 0 Å². The molecule has 0 fully saturated rings. The molecule has 2 nitrogen and oxygen atoms in total. The molecule has 0 bridgehead atoms. The van der Waals surface area contributed by atoms with Crippen LogP contribution in [0.1, 0.15) is 26.0 Å². The molecular weight excluding hydrogens is 232 g/mol. The first-order valence-electron chi connectivity index (χ1n) is 5.79. The summed E-state index contributed by atoms with van der Waals surface area (Å²) in [5.41, 5.74) is 0.903. The lowest BCUT2D eigenvalue weighted by Crippen LogP contribution is -2.08. The lowest BCUT2D eigenvalue weighted by atomic mass is 9.86. The van der Waals surface area contributed by atoms with Gasteiger partial charge in [0.1, 0.15) is 5.76 Å². The van der Waals surface area contributed by atoms with Gasteiger partial charge in [0.25, 0.3) is 0 Å². The molecule has 0 saturated carbocycles. The molecule has 17 heavy (non-hydrogen) atoms. The van der Waals surface area contributed by atoms with Crippen molar-refractivity contribution >= 4 is 18.2 Å². The fraction of sp³-hybridized carbons (Fsp3) is 0.357. The highest BCUT2D eigenvalue weighted by Crippen LogP contribution is 2.28. The first-order valence-corrected chi connectivity index (χ1v) is 6.24. The molecule has 0 saturated heterocycles. The normalized spacial score (nSPS) is 19.5. The molecular formula is C14H16O2S. The first kappa shape index (κ1) is 12.2. The van der Waals surface area contributed by atoms with E-state index in [1.165, 1.54) is 12.1 Å². The van der Waals surface area contributed by atoms with Crippen LogP contribution < -0.4 is 5.43 Å². The molecule has 1 heterocycles. The van der Waals surface area contributed by atoms with Crippen LogP contribution in [0.25, 0.3) is 5.57 Å². The van der Waals surface area contributed by atoms with Gasteiger partial charge in [0.2, 0.25) is 0 Å². The van der Waals surface area contributed by atoms with Gasteiger partial charge < -0.3 is 4.42 Å². The largest absolute Gasteiger partial charge is 0.450 e. The Hall–Kier alpha value is -1.22. The Bertz CT molecular complexity index is 523. The Morgan fingerprint density at radius 1 is 1.41 bits per heavy atom. The van der Waals surface area contributed by atoms with Gasteiger partial charge in [-0.1, -0.05) is 32.1 Å². The highest BCUT2D eigenvalue weighted by molar-refractivity contribution is 7.80. The first-order chi connectivity index (χ1) is 8.06. The molecule has 1 aliphatic rings. The van der Waals surface area contributed by atoms with Crippen LogP contribution in [0.4, 0.5) is 0 Å². The van der Waals surface area contributed by atoms with Crippen molar-refractivity contribution in [3.8, 4) is 0 Å². The van der Waals surface area contributed by atoms with E-state index in [2.05, 4.69) is 38.6 Å². The molecule has 1 aliphatic carbocycles. The van der Waals surface area contributed by atoms with Gasteiger partial charge in [0.15, 0.2) is 10.5 Å². The van der Waals surface area contributed by atoms with Crippen LogP contribution in [0.5, 0.6) is 0 Å². The number of allylic oxidation sites excluding steroid dienone is 4. The third kappa shape index (κ3) is 2.91. The Balaban J connectivity index is 2.39. The molecule has 1 aromatic rings. The van der Waals surface area contributed by atoms with E-state index in [4.69, 9.17) is 4.42 Å². The van der Waals surface area contributed by atoms with Crippen molar-refractivity contribution in [2.24, 2.45) is 11.8 Å². The molecule has 0 N–H and O–H groups in total. The van der Waals surface area contributed by atoms with E-state index in [9.17, 15) is 4.79 Å². The third-order valence-corrected chi connectivity index (χ3v) is 3.21. The summed E-state index contributed by atoms with van der Waals surface area (Å²) in [6.45, 7) is 4.40. The molecule has 1 aromatic heterocycles. The Morgan fingerprint density at radius 2 is 2.18 bits per heavy atom. The molecule has 90 valence electrons. The SMILES string of the molecule is CC(C)C1C=C(c2cc(=O)cc(S)o2)C=CC1. The lowest BCUT2D eigenvalue weighted by Gasteiger charge is -2.19. The summed E-state index contributed by atoms with van der Waals surface area (Å²) in [6.07, 6.45) is 7.36. The summed E-state index contributed by atoms with van der Waals surface area (Å²) in [5, 5.41) is 0.355. The molecule has 1 unspecified atom stereocenters. The molecule has 0 radical (unpaired) electrons. The summed E-state index contributed by atoms with van der Waals surface area (Å²) in [7, 11) is 0. The zero-order chi connectivity index (χ0) is 12.4. The van der Waals surface area contributed by atoms with Crippen molar-refractivity contribution in [1.82, 2.24) is 0 Å². The van der Waals surface area contributed by atoms with Crippen molar-refractivity contribution in [2.45, 2.75) is 25.4 Å². The van der Waals surface area contributed by atoms with Gasteiger partial charge in [0, 0.05) is 17.7 Å². The molecule has 0 aliphatic heterocycles. The molecule has 0 amide bonds. The molecule has 3 heteroatoms. The van der Waals surface area contributed by atoms with Crippen molar-refractivity contribution in [2.75, 3.05) is 0 Å². The van der Waals surface area contributed by atoms with Crippen molar-refractivity contribution in [1.29, 1.82) is 0 Å². The maximum Gasteiger partial charge on any atom is 0.186 e. The van der Waals surface area contributed by atoms with E-state index in [-0.39, 0.29) is 5.43 Å². The summed E-state index contributed by atoms with van der Waals surface area (Å²) in [6, 6.07) is 2.89. The van der Waals surface area contributed by atoms with Crippen LogP contribution in [-0.2, 0) is 0 Å². The quantitative estimate of drug-likeness (QED) is 0.811. The Kier molecular flexibility index (Phi) is 3.57. The minimum absolute atomic E-state index is 0.0720. The molecule has 1 atom stereocenters. The Labute approximate surface area is 106 Å². The van der Waals surface area contributed by atoms with E-state index >= 15 is 0 Å². The second kappa shape index (κ2) is 4.96. The van der Waals surface area contributed by atoms with Crippen molar-refractivity contribution in [3.63, 3.8) is 0 Å². The maximum atomic E-state index is 11.4. The van der Waals surface area contributed by atoms with Crippen molar-refractivity contribution < 1.29 is 4.42 Å². The smallest absolute Gasteiger partial charge is 0.186 e. The average Bonchev–Trinajstić information content (AvgIpc) is 2.28. The van der Waals surface area contributed by atoms with Crippen molar-refractivity contribution in [3.05, 3.63) is 46.3 Å². The van der Waals surface area contributed by atoms with Gasteiger partial charge in [-0.05, 0) is 18.3 Å². The monoisotopic (exact) mass is 248 g/mol. The minimum Gasteiger partial charge on any atom is -0.450 e. The van der Waals surface area contributed by atoms with E-state index in [1.54, 1.807) is 0 Å². The summed E-state index contributed by atoms with van der Waals surface area (Å²) >= 11 is 4.09. The van der Waals surface area contributed by atoms with Gasteiger partial charge in [0.05, 0.1) is 0 Å². The van der Waals surface area contributed by atoms with Gasteiger partial charge in [-0.15, -0.1) is 12.6 Å².